The summed E-state index contributed by atoms with van der Waals surface area (Å²) >= 11 is 1.72. The van der Waals surface area contributed by atoms with Crippen molar-refractivity contribution in [3.8, 4) is 11.5 Å². The number of nitrogens with zero attached hydrogens (tertiary/aromatic N) is 3. The van der Waals surface area contributed by atoms with Crippen molar-refractivity contribution in [1.29, 1.82) is 0 Å². The summed E-state index contributed by atoms with van der Waals surface area (Å²) in [5.41, 5.74) is 1.36. The van der Waals surface area contributed by atoms with Crippen molar-refractivity contribution in [2.24, 2.45) is 5.41 Å². The average Bonchev–Trinajstić information content (AvgIpc) is 2.54. The molecule has 0 unspecified atom stereocenters. The highest BCUT2D eigenvalue weighted by molar-refractivity contribution is 7.96. The summed E-state index contributed by atoms with van der Waals surface area (Å²) in [5.74, 6) is 2.40. The van der Waals surface area contributed by atoms with Gasteiger partial charge in [-0.05, 0) is 25.2 Å². The average molecular weight is 346 g/mol. The van der Waals surface area contributed by atoms with Crippen LogP contribution in [0.25, 0.3) is 10.9 Å². The molecule has 0 radical (unpaired) electrons. The van der Waals surface area contributed by atoms with E-state index in [0.717, 1.165) is 29.8 Å². The molecule has 1 aliphatic carbocycles. The minimum atomic E-state index is 0.473. The number of anilines is 1. The van der Waals surface area contributed by atoms with E-state index in [9.17, 15) is 0 Å². The number of methoxy groups -OCH3 is 2. The normalized spacial score (nSPS) is 19.2. The van der Waals surface area contributed by atoms with Gasteiger partial charge in [-0.2, -0.15) is 0 Å². The van der Waals surface area contributed by atoms with Gasteiger partial charge in [0.2, 0.25) is 0 Å². The molecule has 2 aromatic rings. The fourth-order valence-corrected chi connectivity index (χ4v) is 4.53. The van der Waals surface area contributed by atoms with Crippen molar-refractivity contribution in [3.63, 3.8) is 0 Å². The molecule has 1 aromatic heterocycles. The van der Waals surface area contributed by atoms with Gasteiger partial charge < -0.3 is 14.4 Å². The zero-order valence-corrected chi connectivity index (χ0v) is 15.0. The van der Waals surface area contributed by atoms with Gasteiger partial charge in [0.05, 0.1) is 19.7 Å². The Kier molecular flexibility index (Phi) is 3.92. The minimum Gasteiger partial charge on any atom is -0.493 e. The van der Waals surface area contributed by atoms with Crippen molar-refractivity contribution >= 4 is 28.7 Å². The SMILES string of the molecule is COc1cc2ncnc(N3CC4(CC(NSC)C4)C3)c2cc1OC. The first-order chi connectivity index (χ1) is 11.7. The molecule has 1 N–H and O–H groups in total. The number of rotatable bonds is 5. The molecule has 1 saturated carbocycles. The largest absolute Gasteiger partial charge is 0.493 e. The smallest absolute Gasteiger partial charge is 0.162 e. The van der Waals surface area contributed by atoms with Crippen LogP contribution in [0.15, 0.2) is 18.5 Å². The van der Waals surface area contributed by atoms with Crippen LogP contribution in [-0.4, -0.2) is 49.6 Å². The van der Waals surface area contributed by atoms with Crippen LogP contribution >= 0.6 is 11.9 Å². The van der Waals surface area contributed by atoms with E-state index in [4.69, 9.17) is 9.47 Å². The van der Waals surface area contributed by atoms with Crippen molar-refractivity contribution < 1.29 is 9.47 Å². The molecule has 24 heavy (non-hydrogen) atoms. The van der Waals surface area contributed by atoms with Gasteiger partial charge in [-0.1, -0.05) is 11.9 Å². The van der Waals surface area contributed by atoms with Crippen LogP contribution in [0.5, 0.6) is 11.5 Å². The zero-order valence-electron chi connectivity index (χ0n) is 14.2. The molecule has 2 fully saturated rings. The summed E-state index contributed by atoms with van der Waals surface area (Å²) in [6.45, 7) is 2.14. The third-order valence-corrected chi connectivity index (χ3v) is 5.68. The molecule has 6 nitrogen and oxygen atoms in total. The van der Waals surface area contributed by atoms with Crippen LogP contribution in [0.1, 0.15) is 12.8 Å². The lowest BCUT2D eigenvalue weighted by molar-refractivity contribution is 0.0599. The van der Waals surface area contributed by atoms with Gasteiger partial charge in [0.15, 0.2) is 11.5 Å². The van der Waals surface area contributed by atoms with Gasteiger partial charge in [-0.15, -0.1) is 0 Å². The summed E-state index contributed by atoms with van der Waals surface area (Å²) in [5, 5.41) is 1.02. The molecule has 2 aliphatic rings. The Labute approximate surface area is 146 Å². The van der Waals surface area contributed by atoms with Crippen LogP contribution < -0.4 is 19.1 Å². The van der Waals surface area contributed by atoms with E-state index in [-0.39, 0.29) is 0 Å². The Morgan fingerprint density at radius 1 is 1.17 bits per heavy atom. The summed E-state index contributed by atoms with van der Waals surface area (Å²) in [7, 11) is 3.29. The number of ether oxygens (including phenoxy) is 2. The molecule has 1 aliphatic heterocycles. The molecule has 0 amide bonds. The number of nitrogens with one attached hydrogen (secondary N) is 1. The van der Waals surface area contributed by atoms with Crippen molar-refractivity contribution in [3.05, 3.63) is 18.5 Å². The van der Waals surface area contributed by atoms with E-state index < -0.39 is 0 Å². The quantitative estimate of drug-likeness (QED) is 0.835. The third-order valence-electron chi connectivity index (χ3n) is 5.12. The summed E-state index contributed by atoms with van der Waals surface area (Å²) in [6, 6.07) is 4.55. The Morgan fingerprint density at radius 3 is 2.54 bits per heavy atom. The first-order valence-electron chi connectivity index (χ1n) is 8.08. The molecule has 1 aromatic carbocycles. The summed E-state index contributed by atoms with van der Waals surface area (Å²) in [6.07, 6.45) is 6.23. The molecular formula is C17H22N4O2S. The number of benzene rings is 1. The number of hydrogen-bond donors (Lipinski definition) is 1. The fourth-order valence-electron chi connectivity index (χ4n) is 4.03. The molecule has 128 valence electrons. The molecular weight excluding hydrogens is 324 g/mol. The van der Waals surface area contributed by atoms with Gasteiger partial charge in [0.1, 0.15) is 12.1 Å². The number of aromatic nitrogens is 2. The minimum absolute atomic E-state index is 0.473. The van der Waals surface area contributed by atoms with Crippen LogP contribution in [-0.2, 0) is 0 Å². The Bertz CT molecular complexity index is 756. The zero-order chi connectivity index (χ0) is 16.7. The maximum Gasteiger partial charge on any atom is 0.162 e. The van der Waals surface area contributed by atoms with E-state index in [1.54, 1.807) is 32.5 Å². The van der Waals surface area contributed by atoms with E-state index >= 15 is 0 Å². The van der Waals surface area contributed by atoms with E-state index in [1.807, 2.05) is 12.1 Å². The Morgan fingerprint density at radius 2 is 1.88 bits per heavy atom. The molecule has 4 rings (SSSR count). The second-order valence-corrected chi connectivity index (χ2v) is 7.35. The van der Waals surface area contributed by atoms with Crippen LogP contribution in [0, 0.1) is 5.41 Å². The molecule has 0 bridgehead atoms. The third kappa shape index (κ3) is 2.46. The molecule has 1 saturated heterocycles. The predicted molar refractivity (Wildman–Crippen MR) is 97.0 cm³/mol. The standard InChI is InChI=1S/C17H22N4O2S/c1-22-14-4-12-13(5-15(14)23-2)18-10-19-16(12)21-8-17(9-21)6-11(7-17)20-24-3/h4-5,10-11,20H,6-9H2,1-3H3. The van der Waals surface area contributed by atoms with Crippen LogP contribution in [0.3, 0.4) is 0 Å². The predicted octanol–water partition coefficient (Wildman–Crippen LogP) is 2.48. The van der Waals surface area contributed by atoms with E-state index in [1.165, 1.54) is 12.8 Å². The van der Waals surface area contributed by atoms with Crippen molar-refractivity contribution in [2.45, 2.75) is 18.9 Å². The van der Waals surface area contributed by atoms with Gasteiger partial charge in [-0.3, -0.25) is 4.72 Å². The summed E-state index contributed by atoms with van der Waals surface area (Å²) in [4.78, 5) is 11.3. The number of fused-ring (bicyclic) bond motifs is 1. The molecule has 7 heteroatoms. The molecule has 2 heterocycles. The Balaban J connectivity index is 1.58. The van der Waals surface area contributed by atoms with Gasteiger partial charge in [0.25, 0.3) is 0 Å². The van der Waals surface area contributed by atoms with E-state index in [2.05, 4.69) is 25.8 Å². The fraction of sp³-hybridized carbons (Fsp3) is 0.529. The van der Waals surface area contributed by atoms with Gasteiger partial charge in [-0.25, -0.2) is 9.97 Å². The molecule has 1 spiro atoms. The van der Waals surface area contributed by atoms with Crippen molar-refractivity contribution in [2.75, 3.05) is 38.5 Å². The van der Waals surface area contributed by atoms with Crippen molar-refractivity contribution in [1.82, 2.24) is 14.7 Å². The lowest BCUT2D eigenvalue weighted by Crippen LogP contribution is -2.65. The number of hydrogen-bond acceptors (Lipinski definition) is 7. The highest BCUT2D eigenvalue weighted by Gasteiger charge is 2.52. The first-order valence-corrected chi connectivity index (χ1v) is 9.31. The monoisotopic (exact) mass is 346 g/mol. The highest BCUT2D eigenvalue weighted by Crippen LogP contribution is 2.50. The van der Waals surface area contributed by atoms with Gasteiger partial charge in [0, 0.05) is 36.0 Å². The van der Waals surface area contributed by atoms with E-state index in [0.29, 0.717) is 23.0 Å². The van der Waals surface area contributed by atoms with Crippen LogP contribution in [0.2, 0.25) is 0 Å². The topological polar surface area (TPSA) is 59.5 Å². The summed E-state index contributed by atoms with van der Waals surface area (Å²) < 4.78 is 14.3. The Hall–Kier alpha value is -1.73. The van der Waals surface area contributed by atoms with Crippen LogP contribution in [0.4, 0.5) is 5.82 Å². The second-order valence-electron chi connectivity index (χ2n) is 6.70. The maximum absolute atomic E-state index is 5.44. The first kappa shape index (κ1) is 15.8. The lowest BCUT2D eigenvalue weighted by Gasteiger charge is -2.59. The maximum atomic E-state index is 5.44. The molecule has 0 atom stereocenters. The second kappa shape index (κ2) is 5.97. The highest BCUT2D eigenvalue weighted by atomic mass is 32.2. The van der Waals surface area contributed by atoms with Gasteiger partial charge >= 0.3 is 0 Å². The lowest BCUT2D eigenvalue weighted by atomic mass is 9.61.